The van der Waals surface area contributed by atoms with Crippen molar-refractivity contribution in [3.8, 4) is 11.4 Å². The summed E-state index contributed by atoms with van der Waals surface area (Å²) >= 11 is 1.52. The van der Waals surface area contributed by atoms with Gasteiger partial charge in [-0.15, -0.1) is 11.3 Å². The molecule has 0 aromatic carbocycles. The van der Waals surface area contributed by atoms with Crippen molar-refractivity contribution in [2.45, 2.75) is 32.4 Å². The summed E-state index contributed by atoms with van der Waals surface area (Å²) in [7, 11) is 0. The van der Waals surface area contributed by atoms with Gasteiger partial charge in [0.05, 0.1) is 40.6 Å². The molecule has 3 aromatic rings. The lowest BCUT2D eigenvalue weighted by molar-refractivity contribution is 0.0826. The lowest BCUT2D eigenvalue weighted by Crippen LogP contribution is -2.44. The minimum Gasteiger partial charge on any atom is -0.385 e. The molecule has 142 valence electrons. The third-order valence-electron chi connectivity index (χ3n) is 4.53. The van der Waals surface area contributed by atoms with E-state index in [0.717, 1.165) is 27.5 Å². The molecule has 1 unspecified atom stereocenters. The summed E-state index contributed by atoms with van der Waals surface area (Å²) in [5, 5.41) is 10.5. The van der Waals surface area contributed by atoms with Crippen LogP contribution in [0.1, 0.15) is 25.6 Å². The van der Waals surface area contributed by atoms with E-state index in [1.807, 2.05) is 6.07 Å². The van der Waals surface area contributed by atoms with Crippen molar-refractivity contribution in [2.75, 3.05) is 30.4 Å². The molecule has 27 heavy (non-hydrogen) atoms. The Morgan fingerprint density at radius 3 is 2.70 bits per heavy atom. The number of hydrogen-bond donors (Lipinski definition) is 2. The Morgan fingerprint density at radius 2 is 2.04 bits per heavy atom. The van der Waals surface area contributed by atoms with Crippen molar-refractivity contribution in [2.24, 2.45) is 0 Å². The summed E-state index contributed by atoms with van der Waals surface area (Å²) in [5.74, 6) is 1.60. The van der Waals surface area contributed by atoms with Gasteiger partial charge in [-0.3, -0.25) is 0 Å². The number of ether oxygens (including phenoxy) is 1. The summed E-state index contributed by atoms with van der Waals surface area (Å²) in [6, 6.07) is 2.12. The maximum absolute atomic E-state index is 10.5. The molecule has 1 saturated heterocycles. The number of rotatable bonds is 3. The third kappa shape index (κ3) is 3.45. The first-order valence-electron chi connectivity index (χ1n) is 8.79. The zero-order valence-electron chi connectivity index (χ0n) is 15.5. The van der Waals surface area contributed by atoms with Gasteiger partial charge in [-0.05, 0) is 26.8 Å². The molecular formula is C18H22N6O2S. The van der Waals surface area contributed by atoms with E-state index < -0.39 is 5.60 Å². The molecule has 1 aliphatic rings. The summed E-state index contributed by atoms with van der Waals surface area (Å²) < 4.78 is 6.54. The third-order valence-corrected chi connectivity index (χ3v) is 5.96. The molecule has 1 fully saturated rings. The maximum Gasteiger partial charge on any atom is 0.219 e. The van der Waals surface area contributed by atoms with Gasteiger partial charge < -0.3 is 20.5 Å². The topological polar surface area (TPSA) is 110 Å². The number of nitrogens with two attached hydrogens (primary N) is 1. The predicted molar refractivity (Wildman–Crippen MR) is 106 cm³/mol. The van der Waals surface area contributed by atoms with Gasteiger partial charge in [0.2, 0.25) is 5.95 Å². The molecular weight excluding hydrogens is 364 g/mol. The highest BCUT2D eigenvalue weighted by molar-refractivity contribution is 7.19. The number of aromatic nitrogens is 4. The van der Waals surface area contributed by atoms with Gasteiger partial charge in [0.1, 0.15) is 0 Å². The van der Waals surface area contributed by atoms with Crippen molar-refractivity contribution in [3.05, 3.63) is 23.3 Å². The highest BCUT2D eigenvalue weighted by atomic mass is 32.1. The van der Waals surface area contributed by atoms with Crippen molar-refractivity contribution in [3.63, 3.8) is 0 Å². The van der Waals surface area contributed by atoms with Crippen LogP contribution >= 0.6 is 11.3 Å². The Morgan fingerprint density at radius 1 is 1.30 bits per heavy atom. The number of fused-ring (bicyclic) bond motifs is 1. The normalized spacial score (nSPS) is 18.2. The molecule has 0 bridgehead atoms. The fraction of sp³-hybridized carbons (Fsp3) is 0.444. The SMILES string of the molecule is CC1COCCN1c1nc(-c2cnc(N)nc2)nc2cc(C(C)(C)O)sc12. The minimum absolute atomic E-state index is 0.194. The van der Waals surface area contributed by atoms with E-state index in [-0.39, 0.29) is 12.0 Å². The molecule has 0 radical (unpaired) electrons. The maximum atomic E-state index is 10.5. The van der Waals surface area contributed by atoms with Gasteiger partial charge in [-0.25, -0.2) is 19.9 Å². The molecule has 0 aliphatic carbocycles. The van der Waals surface area contributed by atoms with E-state index in [2.05, 4.69) is 21.8 Å². The Bertz CT molecular complexity index is 966. The number of hydrogen-bond acceptors (Lipinski definition) is 9. The molecule has 9 heteroatoms. The highest BCUT2D eigenvalue weighted by Crippen LogP contribution is 2.38. The smallest absolute Gasteiger partial charge is 0.219 e. The summed E-state index contributed by atoms with van der Waals surface area (Å²) in [4.78, 5) is 20.7. The van der Waals surface area contributed by atoms with Gasteiger partial charge >= 0.3 is 0 Å². The standard InChI is InChI=1S/C18H22N6O2S/c1-10-9-26-5-4-24(10)16-14-12(6-13(27-14)18(2,3)25)22-15(23-16)11-7-20-17(19)21-8-11/h6-8,10,25H,4-5,9H2,1-3H3,(H2,19,20,21). The Kier molecular flexibility index (Phi) is 4.45. The van der Waals surface area contributed by atoms with Crippen LogP contribution in [0.4, 0.5) is 11.8 Å². The van der Waals surface area contributed by atoms with E-state index in [1.54, 1.807) is 26.2 Å². The fourth-order valence-corrected chi connectivity index (χ4v) is 4.14. The molecule has 8 nitrogen and oxygen atoms in total. The lowest BCUT2D eigenvalue weighted by Gasteiger charge is -2.34. The molecule has 4 heterocycles. The number of morpholine rings is 1. The number of nitrogens with zero attached hydrogens (tertiary/aromatic N) is 5. The molecule has 1 aliphatic heterocycles. The van der Waals surface area contributed by atoms with Gasteiger partial charge in [-0.2, -0.15) is 0 Å². The van der Waals surface area contributed by atoms with Gasteiger partial charge in [0.15, 0.2) is 11.6 Å². The quantitative estimate of drug-likeness (QED) is 0.705. The van der Waals surface area contributed by atoms with Crippen LogP contribution in [0.5, 0.6) is 0 Å². The second-order valence-corrected chi connectivity index (χ2v) is 8.25. The van der Waals surface area contributed by atoms with Crippen molar-refractivity contribution in [1.29, 1.82) is 0 Å². The number of aliphatic hydroxyl groups is 1. The molecule has 0 amide bonds. The van der Waals surface area contributed by atoms with E-state index >= 15 is 0 Å². The summed E-state index contributed by atoms with van der Waals surface area (Å²) in [6.45, 7) is 7.72. The average molecular weight is 386 g/mol. The molecule has 0 saturated carbocycles. The second-order valence-electron chi connectivity index (χ2n) is 7.20. The lowest BCUT2D eigenvalue weighted by atomic mass is 10.1. The van der Waals surface area contributed by atoms with Crippen LogP contribution in [0, 0.1) is 0 Å². The molecule has 0 spiro atoms. The molecule has 3 aromatic heterocycles. The van der Waals surface area contributed by atoms with Crippen LogP contribution < -0.4 is 10.6 Å². The predicted octanol–water partition coefficient (Wildman–Crippen LogP) is 2.18. The molecule has 1 atom stereocenters. The highest BCUT2D eigenvalue weighted by Gasteiger charge is 2.27. The molecule has 4 rings (SSSR count). The monoisotopic (exact) mass is 386 g/mol. The van der Waals surface area contributed by atoms with Crippen LogP contribution in [0.2, 0.25) is 0 Å². The minimum atomic E-state index is -0.941. The average Bonchev–Trinajstić information content (AvgIpc) is 3.07. The van der Waals surface area contributed by atoms with Crippen molar-refractivity contribution in [1.82, 2.24) is 19.9 Å². The fourth-order valence-electron chi connectivity index (χ4n) is 3.04. The Balaban J connectivity index is 1.91. The summed E-state index contributed by atoms with van der Waals surface area (Å²) in [6.07, 6.45) is 3.25. The van der Waals surface area contributed by atoms with Crippen LogP contribution in [-0.4, -0.2) is 50.8 Å². The van der Waals surface area contributed by atoms with Crippen LogP contribution in [0.15, 0.2) is 18.5 Å². The van der Waals surface area contributed by atoms with E-state index in [4.69, 9.17) is 20.4 Å². The van der Waals surface area contributed by atoms with Gasteiger partial charge in [-0.1, -0.05) is 0 Å². The van der Waals surface area contributed by atoms with Crippen LogP contribution in [0.3, 0.4) is 0 Å². The second kappa shape index (κ2) is 6.66. The largest absolute Gasteiger partial charge is 0.385 e. The van der Waals surface area contributed by atoms with Crippen LogP contribution in [-0.2, 0) is 10.3 Å². The number of nitrogen functional groups attached to an aromatic ring is 1. The van der Waals surface area contributed by atoms with Crippen LogP contribution in [0.25, 0.3) is 21.6 Å². The van der Waals surface area contributed by atoms with Gasteiger partial charge in [0.25, 0.3) is 0 Å². The van der Waals surface area contributed by atoms with E-state index in [9.17, 15) is 5.11 Å². The van der Waals surface area contributed by atoms with E-state index in [1.165, 1.54) is 11.3 Å². The molecule has 3 N–H and O–H groups in total. The van der Waals surface area contributed by atoms with Crippen molar-refractivity contribution < 1.29 is 9.84 Å². The first-order valence-corrected chi connectivity index (χ1v) is 9.61. The first-order chi connectivity index (χ1) is 12.8. The van der Waals surface area contributed by atoms with Gasteiger partial charge in [0, 0.05) is 23.8 Å². The Labute approximate surface area is 161 Å². The zero-order chi connectivity index (χ0) is 19.2. The summed E-state index contributed by atoms with van der Waals surface area (Å²) in [5.41, 5.74) is 6.16. The zero-order valence-corrected chi connectivity index (χ0v) is 16.3. The van der Waals surface area contributed by atoms with E-state index in [0.29, 0.717) is 24.6 Å². The van der Waals surface area contributed by atoms with Crippen molar-refractivity contribution >= 4 is 33.3 Å². The number of anilines is 2. The first kappa shape index (κ1) is 18.0. The number of thiophene rings is 1. The Hall–Kier alpha value is -2.36.